The molecule has 7 nitrogen and oxygen atoms in total. The average molecular weight is 390 g/mol. The van der Waals surface area contributed by atoms with Gasteiger partial charge in [-0.2, -0.15) is 0 Å². The van der Waals surface area contributed by atoms with Crippen LogP contribution in [0.15, 0.2) is 77.4 Å². The Labute approximate surface area is 167 Å². The van der Waals surface area contributed by atoms with Crippen molar-refractivity contribution >= 4 is 23.2 Å². The van der Waals surface area contributed by atoms with E-state index in [0.29, 0.717) is 17.2 Å². The third-order valence-corrected chi connectivity index (χ3v) is 5.29. The summed E-state index contributed by atoms with van der Waals surface area (Å²) in [4.78, 5) is 33.7. The van der Waals surface area contributed by atoms with E-state index in [2.05, 4.69) is 0 Å². The predicted octanol–water partition coefficient (Wildman–Crippen LogP) is 3.34. The lowest BCUT2D eigenvalue weighted by Gasteiger charge is -2.27. The highest BCUT2D eigenvalue weighted by molar-refractivity contribution is 6.23. The standard InChI is InChI=1S/C22H18N2O5/c1-27-16-11-9-14(10-12-16)23-21(25)18-19(17-8-5-13-28-17)24(29-20(18)22(23)26)15-6-3-2-4-7-15/h2-13,18-20H,1H3/t18-,19-,20-/m0/s1. The maximum atomic E-state index is 13.4. The van der Waals surface area contributed by atoms with Crippen LogP contribution in [-0.4, -0.2) is 25.0 Å². The van der Waals surface area contributed by atoms with Crippen molar-refractivity contribution in [2.24, 2.45) is 5.92 Å². The van der Waals surface area contributed by atoms with E-state index < -0.39 is 18.1 Å². The lowest BCUT2D eigenvalue weighted by molar-refractivity contribution is -0.126. The van der Waals surface area contributed by atoms with Crippen molar-refractivity contribution in [3.8, 4) is 5.75 Å². The number of benzene rings is 2. The summed E-state index contributed by atoms with van der Waals surface area (Å²) in [5.41, 5.74) is 1.24. The quantitative estimate of drug-likeness (QED) is 0.637. The molecule has 0 radical (unpaired) electrons. The average Bonchev–Trinajstić information content (AvgIpc) is 3.47. The number of fused-ring (bicyclic) bond motifs is 1. The molecular formula is C22H18N2O5. The molecule has 0 N–H and O–H groups in total. The number of nitrogens with zero attached hydrogens (tertiary/aromatic N) is 2. The first-order valence-electron chi connectivity index (χ1n) is 9.25. The Morgan fingerprint density at radius 3 is 2.28 bits per heavy atom. The fourth-order valence-corrected chi connectivity index (χ4v) is 3.95. The number of hydrogen-bond donors (Lipinski definition) is 0. The second-order valence-electron chi connectivity index (χ2n) is 6.88. The minimum Gasteiger partial charge on any atom is -0.497 e. The molecule has 2 aliphatic rings. The summed E-state index contributed by atoms with van der Waals surface area (Å²) < 4.78 is 10.8. The van der Waals surface area contributed by atoms with Crippen LogP contribution < -0.4 is 14.7 Å². The Morgan fingerprint density at radius 2 is 1.62 bits per heavy atom. The summed E-state index contributed by atoms with van der Waals surface area (Å²) in [5, 5.41) is 1.61. The van der Waals surface area contributed by atoms with Crippen molar-refractivity contribution in [3.05, 3.63) is 78.8 Å². The zero-order chi connectivity index (χ0) is 20.0. The molecule has 5 rings (SSSR count). The van der Waals surface area contributed by atoms with E-state index in [0.717, 1.165) is 5.69 Å². The summed E-state index contributed by atoms with van der Waals surface area (Å²) in [6.07, 6.45) is 0.633. The maximum Gasteiger partial charge on any atom is 0.266 e. The number of furan rings is 1. The van der Waals surface area contributed by atoms with E-state index in [1.54, 1.807) is 54.8 Å². The Bertz CT molecular complexity index is 1030. The monoisotopic (exact) mass is 390 g/mol. The molecule has 3 atom stereocenters. The molecule has 2 aromatic carbocycles. The van der Waals surface area contributed by atoms with Gasteiger partial charge >= 0.3 is 0 Å². The van der Waals surface area contributed by atoms with Crippen LogP contribution in [-0.2, 0) is 14.4 Å². The molecule has 2 amide bonds. The minimum atomic E-state index is -0.917. The van der Waals surface area contributed by atoms with Gasteiger partial charge in [-0.1, -0.05) is 18.2 Å². The number of hydrogen-bond acceptors (Lipinski definition) is 6. The van der Waals surface area contributed by atoms with Crippen LogP contribution in [0.4, 0.5) is 11.4 Å². The fraction of sp³-hybridized carbons (Fsp3) is 0.182. The van der Waals surface area contributed by atoms with Gasteiger partial charge in [0.2, 0.25) is 5.91 Å². The second-order valence-corrected chi connectivity index (χ2v) is 6.88. The predicted molar refractivity (Wildman–Crippen MR) is 104 cm³/mol. The van der Waals surface area contributed by atoms with E-state index >= 15 is 0 Å². The first-order chi connectivity index (χ1) is 14.2. The van der Waals surface area contributed by atoms with Crippen LogP contribution >= 0.6 is 0 Å². The molecule has 29 heavy (non-hydrogen) atoms. The van der Waals surface area contributed by atoms with Crippen LogP contribution in [0.1, 0.15) is 11.8 Å². The summed E-state index contributed by atoms with van der Waals surface area (Å²) in [6, 6.07) is 19.2. The van der Waals surface area contributed by atoms with Gasteiger partial charge in [0.1, 0.15) is 23.5 Å². The van der Waals surface area contributed by atoms with Crippen LogP contribution in [0.2, 0.25) is 0 Å². The molecule has 0 saturated carbocycles. The van der Waals surface area contributed by atoms with E-state index in [9.17, 15) is 9.59 Å². The second kappa shape index (κ2) is 6.79. The Morgan fingerprint density at radius 1 is 0.862 bits per heavy atom. The first-order valence-corrected chi connectivity index (χ1v) is 9.25. The van der Waals surface area contributed by atoms with Gasteiger partial charge in [-0.15, -0.1) is 0 Å². The van der Waals surface area contributed by atoms with Crippen molar-refractivity contribution in [1.29, 1.82) is 0 Å². The number of hydroxylamine groups is 1. The number of ether oxygens (including phenoxy) is 1. The molecule has 2 fully saturated rings. The summed E-state index contributed by atoms with van der Waals surface area (Å²) in [7, 11) is 1.56. The number of carbonyl (C=O) groups excluding carboxylic acids is 2. The first kappa shape index (κ1) is 17.5. The van der Waals surface area contributed by atoms with Crippen LogP contribution in [0.25, 0.3) is 0 Å². The van der Waals surface area contributed by atoms with Gasteiger partial charge in [0.05, 0.1) is 24.7 Å². The fourth-order valence-electron chi connectivity index (χ4n) is 3.95. The van der Waals surface area contributed by atoms with Gasteiger partial charge in [-0.3, -0.25) is 14.4 Å². The summed E-state index contributed by atoms with van der Waals surface area (Å²) >= 11 is 0. The van der Waals surface area contributed by atoms with Crippen molar-refractivity contribution in [3.63, 3.8) is 0 Å². The Kier molecular flexibility index (Phi) is 4.10. The third-order valence-electron chi connectivity index (χ3n) is 5.29. The number of amides is 2. The Balaban J connectivity index is 1.54. The smallest absolute Gasteiger partial charge is 0.266 e. The molecule has 3 aromatic rings. The maximum absolute atomic E-state index is 13.4. The number of methoxy groups -OCH3 is 1. The molecule has 0 unspecified atom stereocenters. The molecule has 0 aliphatic carbocycles. The van der Waals surface area contributed by atoms with Crippen molar-refractivity contribution in [2.45, 2.75) is 12.1 Å². The lowest BCUT2D eigenvalue weighted by atomic mass is 9.94. The third kappa shape index (κ3) is 2.70. The van der Waals surface area contributed by atoms with Gasteiger partial charge in [-0.05, 0) is 48.5 Å². The number of rotatable bonds is 4. The molecule has 0 bridgehead atoms. The molecule has 3 heterocycles. The molecule has 1 aromatic heterocycles. The molecule has 2 aliphatic heterocycles. The van der Waals surface area contributed by atoms with Gasteiger partial charge in [0.15, 0.2) is 6.10 Å². The number of carbonyl (C=O) groups is 2. The van der Waals surface area contributed by atoms with Crippen LogP contribution in [0.5, 0.6) is 5.75 Å². The zero-order valence-corrected chi connectivity index (χ0v) is 15.6. The Hall–Kier alpha value is -3.58. The number of imide groups is 1. The van der Waals surface area contributed by atoms with Crippen molar-refractivity contribution in [2.75, 3.05) is 17.1 Å². The molecular weight excluding hydrogens is 372 g/mol. The normalized spacial score (nSPS) is 23.6. The molecule has 7 heteroatoms. The summed E-state index contributed by atoms with van der Waals surface area (Å²) in [5.74, 6) is -0.201. The topological polar surface area (TPSA) is 72.2 Å². The van der Waals surface area contributed by atoms with E-state index in [4.69, 9.17) is 14.0 Å². The minimum absolute atomic E-state index is 0.315. The van der Waals surface area contributed by atoms with Gasteiger partial charge in [-0.25, -0.2) is 9.96 Å². The molecule has 2 saturated heterocycles. The zero-order valence-electron chi connectivity index (χ0n) is 15.6. The van der Waals surface area contributed by atoms with Gasteiger partial charge in [0.25, 0.3) is 5.91 Å². The van der Waals surface area contributed by atoms with E-state index in [-0.39, 0.29) is 11.8 Å². The van der Waals surface area contributed by atoms with Crippen LogP contribution in [0.3, 0.4) is 0 Å². The van der Waals surface area contributed by atoms with E-state index in [1.807, 2.05) is 30.3 Å². The molecule has 0 spiro atoms. The highest BCUT2D eigenvalue weighted by Gasteiger charge is 2.61. The highest BCUT2D eigenvalue weighted by atomic mass is 16.7. The number of anilines is 2. The van der Waals surface area contributed by atoms with Crippen molar-refractivity contribution in [1.82, 2.24) is 0 Å². The highest BCUT2D eigenvalue weighted by Crippen LogP contribution is 2.47. The van der Waals surface area contributed by atoms with Gasteiger partial charge < -0.3 is 9.15 Å². The summed E-state index contributed by atoms with van der Waals surface area (Å²) in [6.45, 7) is 0. The molecule has 146 valence electrons. The lowest BCUT2D eigenvalue weighted by Crippen LogP contribution is -2.37. The van der Waals surface area contributed by atoms with E-state index in [1.165, 1.54) is 4.90 Å². The number of para-hydroxylation sites is 1. The van der Waals surface area contributed by atoms with Crippen molar-refractivity contribution < 1.29 is 23.6 Å². The largest absolute Gasteiger partial charge is 0.497 e. The van der Waals surface area contributed by atoms with Gasteiger partial charge in [0, 0.05) is 0 Å². The van der Waals surface area contributed by atoms with Crippen LogP contribution in [0, 0.1) is 5.92 Å². The SMILES string of the molecule is COc1ccc(N2C(=O)[C@@H]3[C@H](ON(c4ccccc4)[C@H]3c3ccco3)C2=O)cc1.